The predicted molar refractivity (Wildman–Crippen MR) is 75.0 cm³/mol. The summed E-state index contributed by atoms with van der Waals surface area (Å²) >= 11 is 0. The Morgan fingerprint density at radius 1 is 1.10 bits per heavy atom. The molecule has 21 heavy (non-hydrogen) atoms. The molecule has 5 heteroatoms. The van der Waals surface area contributed by atoms with E-state index in [1.165, 1.54) is 18.2 Å². The molecular weight excluding hydrogens is 272 g/mol. The number of carbonyl (C=O) groups is 2. The number of carbonyl (C=O) groups excluding carboxylic acids is 2. The first kappa shape index (κ1) is 14.6. The molecule has 2 aromatic carbocycles. The maximum absolute atomic E-state index is 12.2. The molecule has 0 aliphatic carbocycles. The van der Waals surface area contributed by atoms with Gasteiger partial charge in [-0.2, -0.15) is 0 Å². The zero-order chi connectivity index (χ0) is 15.2. The van der Waals surface area contributed by atoms with E-state index in [2.05, 4.69) is 4.89 Å². The van der Waals surface area contributed by atoms with E-state index in [1.807, 2.05) is 0 Å². The zero-order valence-electron chi connectivity index (χ0n) is 11.4. The highest BCUT2D eigenvalue weighted by Crippen LogP contribution is 2.26. The highest BCUT2D eigenvalue weighted by molar-refractivity contribution is 6.10. The van der Waals surface area contributed by atoms with E-state index in [0.717, 1.165) is 0 Å². The lowest BCUT2D eigenvalue weighted by Gasteiger charge is -2.07. The Labute approximate surface area is 121 Å². The van der Waals surface area contributed by atoms with Gasteiger partial charge in [-0.3, -0.25) is 14.6 Å². The average molecular weight is 286 g/mol. The summed E-state index contributed by atoms with van der Waals surface area (Å²) in [5.74, 6) is -0.933. The topological polar surface area (TPSA) is 72.8 Å². The SMILES string of the molecule is CCC(=O)OOc1ccc(C(=O)c2ccccc2)c(O)c1. The van der Waals surface area contributed by atoms with E-state index in [0.29, 0.717) is 5.56 Å². The molecule has 0 aromatic heterocycles. The lowest BCUT2D eigenvalue weighted by molar-refractivity contribution is -0.213. The quantitative estimate of drug-likeness (QED) is 0.520. The second-order valence-corrected chi connectivity index (χ2v) is 4.27. The van der Waals surface area contributed by atoms with Gasteiger partial charge in [0.1, 0.15) is 5.75 Å². The van der Waals surface area contributed by atoms with E-state index in [4.69, 9.17) is 4.89 Å². The minimum absolute atomic E-state index is 0.138. The van der Waals surface area contributed by atoms with Crippen LogP contribution in [-0.2, 0) is 9.68 Å². The third-order valence-corrected chi connectivity index (χ3v) is 2.77. The van der Waals surface area contributed by atoms with Crippen LogP contribution in [0, 0.1) is 0 Å². The summed E-state index contributed by atoms with van der Waals surface area (Å²) in [6.45, 7) is 1.63. The number of hydrogen-bond acceptors (Lipinski definition) is 5. The van der Waals surface area contributed by atoms with Gasteiger partial charge < -0.3 is 5.11 Å². The van der Waals surface area contributed by atoms with E-state index < -0.39 is 5.97 Å². The monoisotopic (exact) mass is 286 g/mol. The summed E-state index contributed by atoms with van der Waals surface area (Å²) in [7, 11) is 0. The molecule has 0 radical (unpaired) electrons. The van der Waals surface area contributed by atoms with Gasteiger partial charge in [-0.05, 0) is 12.1 Å². The smallest absolute Gasteiger partial charge is 0.355 e. The van der Waals surface area contributed by atoms with Crippen molar-refractivity contribution in [1.29, 1.82) is 0 Å². The van der Waals surface area contributed by atoms with Gasteiger partial charge in [-0.15, -0.1) is 0 Å². The standard InChI is InChI=1S/C16H14O5/c1-2-15(18)21-20-12-8-9-13(14(17)10-12)16(19)11-6-4-3-5-7-11/h3-10,17H,2H2,1H3. The van der Waals surface area contributed by atoms with Crippen molar-refractivity contribution >= 4 is 11.8 Å². The molecule has 0 heterocycles. The van der Waals surface area contributed by atoms with Crippen LogP contribution >= 0.6 is 0 Å². The van der Waals surface area contributed by atoms with E-state index in [1.54, 1.807) is 37.3 Å². The highest BCUT2D eigenvalue weighted by Gasteiger charge is 2.14. The van der Waals surface area contributed by atoms with Crippen LogP contribution in [0.25, 0.3) is 0 Å². The first-order valence-electron chi connectivity index (χ1n) is 6.42. The molecule has 0 aliphatic rings. The maximum Gasteiger partial charge on any atom is 0.355 e. The molecule has 0 unspecified atom stereocenters. The predicted octanol–water partition coefficient (Wildman–Crippen LogP) is 2.87. The van der Waals surface area contributed by atoms with Gasteiger partial charge in [0.2, 0.25) is 0 Å². The Bertz CT molecular complexity index is 649. The molecular formula is C16H14O5. The van der Waals surface area contributed by atoms with Crippen LogP contribution in [0.15, 0.2) is 48.5 Å². The summed E-state index contributed by atoms with van der Waals surface area (Å²) < 4.78 is 0. The molecule has 0 aliphatic heterocycles. The number of phenolic OH excluding ortho intramolecular Hbond substituents is 1. The number of phenols is 1. The summed E-state index contributed by atoms with van der Waals surface area (Å²) in [4.78, 5) is 32.4. The van der Waals surface area contributed by atoms with Gasteiger partial charge in [-0.1, -0.05) is 37.3 Å². The minimum atomic E-state index is -0.529. The summed E-state index contributed by atoms with van der Waals surface area (Å²) in [5, 5.41) is 9.90. The third-order valence-electron chi connectivity index (χ3n) is 2.77. The van der Waals surface area contributed by atoms with Gasteiger partial charge in [0.25, 0.3) is 0 Å². The van der Waals surface area contributed by atoms with Crippen molar-refractivity contribution in [2.24, 2.45) is 0 Å². The van der Waals surface area contributed by atoms with Crippen LogP contribution in [0.2, 0.25) is 0 Å². The molecule has 0 atom stereocenters. The average Bonchev–Trinajstić information content (AvgIpc) is 2.53. The summed E-state index contributed by atoms with van der Waals surface area (Å²) in [6.07, 6.45) is 0.177. The van der Waals surface area contributed by atoms with Gasteiger partial charge in [0, 0.05) is 18.1 Å². The number of hydrogen-bond donors (Lipinski definition) is 1. The fraction of sp³-hybridized carbons (Fsp3) is 0.125. The minimum Gasteiger partial charge on any atom is -0.507 e. The molecule has 2 aromatic rings. The van der Waals surface area contributed by atoms with Crippen molar-refractivity contribution in [2.45, 2.75) is 13.3 Å². The van der Waals surface area contributed by atoms with Crippen LogP contribution in [0.4, 0.5) is 0 Å². The first-order valence-corrected chi connectivity index (χ1v) is 6.42. The Kier molecular flexibility index (Phi) is 4.56. The molecule has 0 fully saturated rings. The fourth-order valence-electron chi connectivity index (χ4n) is 1.65. The maximum atomic E-state index is 12.2. The normalized spacial score (nSPS) is 9.95. The van der Waals surface area contributed by atoms with Crippen molar-refractivity contribution < 1.29 is 24.5 Å². The van der Waals surface area contributed by atoms with Gasteiger partial charge in [0.05, 0.1) is 5.56 Å². The zero-order valence-corrected chi connectivity index (χ0v) is 11.4. The number of ketones is 1. The van der Waals surface area contributed by atoms with E-state index >= 15 is 0 Å². The van der Waals surface area contributed by atoms with Crippen molar-refractivity contribution in [2.75, 3.05) is 0 Å². The second kappa shape index (κ2) is 6.56. The van der Waals surface area contributed by atoms with Crippen LogP contribution in [-0.4, -0.2) is 16.9 Å². The molecule has 0 bridgehead atoms. The molecule has 0 spiro atoms. The molecule has 2 rings (SSSR count). The van der Waals surface area contributed by atoms with Crippen LogP contribution in [0.5, 0.6) is 11.5 Å². The molecule has 1 N–H and O–H groups in total. The van der Waals surface area contributed by atoms with Gasteiger partial charge in [0.15, 0.2) is 11.5 Å². The second-order valence-electron chi connectivity index (χ2n) is 4.27. The van der Waals surface area contributed by atoms with Crippen molar-refractivity contribution in [3.63, 3.8) is 0 Å². The Morgan fingerprint density at radius 2 is 1.81 bits per heavy atom. The fourth-order valence-corrected chi connectivity index (χ4v) is 1.65. The van der Waals surface area contributed by atoms with Crippen LogP contribution in [0.1, 0.15) is 29.3 Å². The number of rotatable bonds is 5. The Hall–Kier alpha value is -2.82. The summed E-state index contributed by atoms with van der Waals surface area (Å²) in [5.41, 5.74) is 0.620. The van der Waals surface area contributed by atoms with Crippen LogP contribution in [0.3, 0.4) is 0 Å². The molecule has 5 nitrogen and oxygen atoms in total. The molecule has 0 saturated carbocycles. The Balaban J connectivity index is 2.16. The Morgan fingerprint density at radius 3 is 2.43 bits per heavy atom. The molecule has 0 amide bonds. The van der Waals surface area contributed by atoms with E-state index in [9.17, 15) is 14.7 Å². The lowest BCUT2D eigenvalue weighted by atomic mass is 10.0. The summed E-state index contributed by atoms with van der Waals surface area (Å²) in [6, 6.07) is 12.7. The van der Waals surface area contributed by atoms with E-state index in [-0.39, 0.29) is 29.3 Å². The molecule has 108 valence electrons. The van der Waals surface area contributed by atoms with Crippen molar-refractivity contribution in [1.82, 2.24) is 0 Å². The first-order chi connectivity index (χ1) is 10.1. The highest BCUT2D eigenvalue weighted by atomic mass is 17.2. The largest absolute Gasteiger partial charge is 0.507 e. The lowest BCUT2D eigenvalue weighted by Crippen LogP contribution is -2.06. The third kappa shape index (κ3) is 3.60. The van der Waals surface area contributed by atoms with Gasteiger partial charge in [-0.25, -0.2) is 4.79 Å². The van der Waals surface area contributed by atoms with Crippen molar-refractivity contribution in [3.05, 3.63) is 59.7 Å². The van der Waals surface area contributed by atoms with Crippen LogP contribution < -0.4 is 4.89 Å². The van der Waals surface area contributed by atoms with Crippen molar-refractivity contribution in [3.8, 4) is 11.5 Å². The number of aromatic hydroxyl groups is 1. The van der Waals surface area contributed by atoms with Gasteiger partial charge >= 0.3 is 5.97 Å². The number of benzene rings is 2. The molecule has 0 saturated heterocycles.